The molecule has 0 bridgehead atoms. The third-order valence-electron chi connectivity index (χ3n) is 2.11. The first-order chi connectivity index (χ1) is 7.75. The van der Waals surface area contributed by atoms with Crippen LogP contribution in [0.5, 0.6) is 0 Å². The van der Waals surface area contributed by atoms with Crippen molar-refractivity contribution in [1.29, 1.82) is 0 Å². The van der Waals surface area contributed by atoms with Crippen molar-refractivity contribution < 1.29 is 13.9 Å². The van der Waals surface area contributed by atoms with E-state index in [-0.39, 0.29) is 11.8 Å². The average molecular weight is 222 g/mol. The molecular weight excluding hydrogens is 211 g/mol. The number of carbonyl (C=O) groups excluding carboxylic acids is 1. The Hall–Kier alpha value is -2.04. The molecule has 1 heterocycles. The first kappa shape index (κ1) is 10.5. The normalized spacial score (nSPS) is 15.1. The zero-order valence-electron chi connectivity index (χ0n) is 8.50. The summed E-state index contributed by atoms with van der Waals surface area (Å²) in [6.07, 6.45) is 2.45. The topological polar surface area (TPSA) is 50.4 Å². The second-order valence-corrected chi connectivity index (χ2v) is 3.30. The molecule has 16 heavy (non-hydrogen) atoms. The maximum absolute atomic E-state index is 12.6. The number of hydrogen-bond donors (Lipinski definition) is 2. The van der Waals surface area contributed by atoms with Crippen LogP contribution < -0.4 is 10.9 Å². The number of anilines is 1. The Morgan fingerprint density at radius 2 is 1.94 bits per heavy atom. The molecule has 0 unspecified atom stereocenters. The van der Waals surface area contributed by atoms with Gasteiger partial charge in [-0.15, -0.1) is 0 Å². The van der Waals surface area contributed by atoms with Crippen LogP contribution in [0.2, 0.25) is 0 Å². The van der Waals surface area contributed by atoms with Gasteiger partial charge in [0.15, 0.2) is 0 Å². The minimum Gasteiger partial charge on any atom is -0.461 e. The maximum atomic E-state index is 12.6. The predicted octanol–water partition coefficient (Wildman–Crippen LogP) is 1.57. The molecule has 2 rings (SSSR count). The molecular formula is C11H11FN2O2. The molecule has 1 aromatic rings. The lowest BCUT2D eigenvalue weighted by molar-refractivity contribution is -0.140. The van der Waals surface area contributed by atoms with Gasteiger partial charge in [-0.2, -0.15) is 0 Å². The number of carbonyl (C=O) groups is 1. The lowest BCUT2D eigenvalue weighted by atomic mass is 10.3. The van der Waals surface area contributed by atoms with Gasteiger partial charge in [0.2, 0.25) is 0 Å². The second-order valence-electron chi connectivity index (χ2n) is 3.30. The number of esters is 1. The summed E-state index contributed by atoms with van der Waals surface area (Å²) >= 11 is 0. The van der Waals surface area contributed by atoms with Gasteiger partial charge in [-0.3, -0.25) is 5.43 Å². The SMILES string of the molecule is O=C1OCCC=C1NNc1ccc(F)cc1. The van der Waals surface area contributed by atoms with Crippen LogP contribution in [0.1, 0.15) is 6.42 Å². The molecule has 0 aromatic heterocycles. The second kappa shape index (κ2) is 4.65. The van der Waals surface area contributed by atoms with Gasteiger partial charge in [0.25, 0.3) is 0 Å². The van der Waals surface area contributed by atoms with E-state index >= 15 is 0 Å². The monoisotopic (exact) mass is 222 g/mol. The van der Waals surface area contributed by atoms with Gasteiger partial charge in [-0.1, -0.05) is 0 Å². The molecule has 0 saturated carbocycles. The summed E-state index contributed by atoms with van der Waals surface area (Å²) < 4.78 is 17.4. The number of hydrogen-bond acceptors (Lipinski definition) is 4. The van der Waals surface area contributed by atoms with Crippen LogP contribution in [-0.4, -0.2) is 12.6 Å². The van der Waals surface area contributed by atoms with Crippen LogP contribution in [0, 0.1) is 5.82 Å². The number of rotatable bonds is 3. The molecule has 0 amide bonds. The van der Waals surface area contributed by atoms with E-state index in [9.17, 15) is 9.18 Å². The van der Waals surface area contributed by atoms with Gasteiger partial charge in [0.1, 0.15) is 11.5 Å². The third kappa shape index (κ3) is 2.50. The molecule has 84 valence electrons. The number of cyclic esters (lactones) is 1. The van der Waals surface area contributed by atoms with Crippen LogP contribution in [0.3, 0.4) is 0 Å². The van der Waals surface area contributed by atoms with E-state index in [1.54, 1.807) is 18.2 Å². The summed E-state index contributed by atoms with van der Waals surface area (Å²) in [6, 6.07) is 5.79. The number of halogens is 1. The fourth-order valence-corrected chi connectivity index (χ4v) is 1.29. The van der Waals surface area contributed by atoms with Crippen LogP contribution in [0.25, 0.3) is 0 Å². The molecule has 1 aromatic carbocycles. The minimum absolute atomic E-state index is 0.304. The molecule has 5 heteroatoms. The van der Waals surface area contributed by atoms with Gasteiger partial charge in [0, 0.05) is 6.42 Å². The number of nitrogens with one attached hydrogen (secondary N) is 2. The van der Waals surface area contributed by atoms with Crippen LogP contribution >= 0.6 is 0 Å². The first-order valence-electron chi connectivity index (χ1n) is 4.90. The lowest BCUT2D eigenvalue weighted by Gasteiger charge is -2.15. The zero-order valence-corrected chi connectivity index (χ0v) is 8.50. The standard InChI is InChI=1S/C11H11FN2O2/c12-8-3-5-9(6-4-8)13-14-10-2-1-7-16-11(10)15/h2-6,13-14H,1,7H2. The van der Waals surface area contributed by atoms with Crippen molar-refractivity contribution in [3.63, 3.8) is 0 Å². The fraction of sp³-hybridized carbons (Fsp3) is 0.182. The Morgan fingerprint density at radius 1 is 1.19 bits per heavy atom. The predicted molar refractivity (Wildman–Crippen MR) is 56.8 cm³/mol. The van der Waals surface area contributed by atoms with Crippen molar-refractivity contribution in [1.82, 2.24) is 5.43 Å². The summed E-state index contributed by atoms with van der Waals surface area (Å²) in [6.45, 7) is 0.417. The lowest BCUT2D eigenvalue weighted by Crippen LogP contribution is -2.29. The molecule has 0 atom stereocenters. The minimum atomic E-state index is -0.388. The first-order valence-corrected chi connectivity index (χ1v) is 4.90. The smallest absolute Gasteiger partial charge is 0.355 e. The van der Waals surface area contributed by atoms with Crippen LogP contribution in [0.15, 0.2) is 36.0 Å². The highest BCUT2D eigenvalue weighted by Crippen LogP contribution is 2.09. The van der Waals surface area contributed by atoms with E-state index in [1.807, 2.05) is 0 Å². The molecule has 0 spiro atoms. The Kier molecular flexibility index (Phi) is 3.05. The summed E-state index contributed by atoms with van der Waals surface area (Å²) in [4.78, 5) is 11.2. The number of benzene rings is 1. The molecule has 1 aliphatic heterocycles. The van der Waals surface area contributed by atoms with Crippen LogP contribution in [0.4, 0.5) is 10.1 Å². The Labute approximate surface area is 92.1 Å². The molecule has 0 aliphatic carbocycles. The van der Waals surface area contributed by atoms with E-state index in [0.717, 1.165) is 0 Å². The van der Waals surface area contributed by atoms with E-state index in [1.165, 1.54) is 12.1 Å². The van der Waals surface area contributed by atoms with Gasteiger partial charge in [-0.25, -0.2) is 9.18 Å². The Morgan fingerprint density at radius 3 is 2.62 bits per heavy atom. The summed E-state index contributed by atoms with van der Waals surface area (Å²) in [5, 5.41) is 0. The molecule has 0 saturated heterocycles. The number of hydrazine groups is 1. The van der Waals surface area contributed by atoms with Crippen molar-refractivity contribution in [2.75, 3.05) is 12.0 Å². The summed E-state index contributed by atoms with van der Waals surface area (Å²) in [5.74, 6) is -0.692. The summed E-state index contributed by atoms with van der Waals surface area (Å²) in [7, 11) is 0. The van der Waals surface area contributed by atoms with Gasteiger partial charge in [-0.05, 0) is 30.3 Å². The van der Waals surface area contributed by atoms with Gasteiger partial charge < -0.3 is 10.2 Å². The highest BCUT2D eigenvalue weighted by molar-refractivity contribution is 5.88. The zero-order chi connectivity index (χ0) is 11.4. The Bertz CT molecular complexity index is 414. The van der Waals surface area contributed by atoms with E-state index < -0.39 is 0 Å². The molecule has 0 radical (unpaired) electrons. The quantitative estimate of drug-likeness (QED) is 0.602. The average Bonchev–Trinajstić information content (AvgIpc) is 2.30. The number of ether oxygens (including phenoxy) is 1. The Balaban J connectivity index is 1.94. The van der Waals surface area contributed by atoms with Crippen molar-refractivity contribution >= 4 is 11.7 Å². The molecule has 4 nitrogen and oxygen atoms in total. The summed E-state index contributed by atoms with van der Waals surface area (Å²) in [5.41, 5.74) is 6.55. The van der Waals surface area contributed by atoms with Crippen molar-refractivity contribution in [2.45, 2.75) is 6.42 Å². The van der Waals surface area contributed by atoms with Crippen LogP contribution in [-0.2, 0) is 9.53 Å². The van der Waals surface area contributed by atoms with Gasteiger partial charge in [0.05, 0.1) is 12.3 Å². The molecule has 2 N–H and O–H groups in total. The van der Waals surface area contributed by atoms with Gasteiger partial charge >= 0.3 is 5.97 Å². The largest absolute Gasteiger partial charge is 0.461 e. The highest BCUT2D eigenvalue weighted by Gasteiger charge is 2.14. The van der Waals surface area contributed by atoms with E-state index in [4.69, 9.17) is 4.74 Å². The van der Waals surface area contributed by atoms with Crippen molar-refractivity contribution in [2.24, 2.45) is 0 Å². The molecule has 1 aliphatic rings. The third-order valence-corrected chi connectivity index (χ3v) is 2.11. The maximum Gasteiger partial charge on any atom is 0.355 e. The van der Waals surface area contributed by atoms with Crippen molar-refractivity contribution in [3.8, 4) is 0 Å². The van der Waals surface area contributed by atoms with E-state index in [0.29, 0.717) is 24.4 Å². The van der Waals surface area contributed by atoms with Crippen molar-refractivity contribution in [3.05, 3.63) is 41.9 Å². The highest BCUT2D eigenvalue weighted by atomic mass is 19.1. The fourth-order valence-electron chi connectivity index (χ4n) is 1.29. The molecule has 0 fully saturated rings. The van der Waals surface area contributed by atoms with E-state index in [2.05, 4.69) is 10.9 Å².